The fourth-order valence-corrected chi connectivity index (χ4v) is 3.35. The van der Waals surface area contributed by atoms with Crippen molar-refractivity contribution >= 4 is 0 Å². The zero-order valence-corrected chi connectivity index (χ0v) is 13.6. The van der Waals surface area contributed by atoms with Gasteiger partial charge in [0.2, 0.25) is 0 Å². The first kappa shape index (κ1) is 15.4. The lowest BCUT2D eigenvalue weighted by molar-refractivity contribution is -0.0206. The summed E-state index contributed by atoms with van der Waals surface area (Å²) in [5.74, 6) is 2.35. The predicted molar refractivity (Wildman–Crippen MR) is 84.0 cm³/mol. The molecule has 0 aromatic heterocycles. The molecular weight excluding hydrogens is 282 g/mol. The normalized spacial score (nSPS) is 26.6. The molecule has 0 radical (unpaired) electrons. The molecule has 0 bridgehead atoms. The summed E-state index contributed by atoms with van der Waals surface area (Å²) in [4.78, 5) is 0. The van der Waals surface area contributed by atoms with Crippen molar-refractivity contribution in [1.82, 2.24) is 5.32 Å². The van der Waals surface area contributed by atoms with E-state index in [-0.39, 0.29) is 11.7 Å². The van der Waals surface area contributed by atoms with Gasteiger partial charge in [-0.1, -0.05) is 0 Å². The third kappa shape index (κ3) is 2.75. The molecule has 5 nitrogen and oxygen atoms in total. The van der Waals surface area contributed by atoms with E-state index < -0.39 is 0 Å². The van der Waals surface area contributed by atoms with Crippen molar-refractivity contribution in [3.8, 4) is 17.2 Å². The summed E-state index contributed by atoms with van der Waals surface area (Å²) in [6.07, 6.45) is 1.89. The number of ether oxygens (including phenoxy) is 4. The molecule has 1 fully saturated rings. The van der Waals surface area contributed by atoms with E-state index >= 15 is 0 Å². The van der Waals surface area contributed by atoms with Crippen LogP contribution in [-0.2, 0) is 4.74 Å². The predicted octanol–water partition coefficient (Wildman–Crippen LogP) is 2.69. The van der Waals surface area contributed by atoms with Crippen LogP contribution in [0.2, 0.25) is 0 Å². The van der Waals surface area contributed by atoms with Gasteiger partial charge in [-0.3, -0.25) is 0 Å². The van der Waals surface area contributed by atoms with E-state index in [0.717, 1.165) is 48.7 Å². The number of hydrogen-bond acceptors (Lipinski definition) is 5. The van der Waals surface area contributed by atoms with Gasteiger partial charge in [0.15, 0.2) is 11.5 Å². The second kappa shape index (κ2) is 6.34. The zero-order valence-electron chi connectivity index (χ0n) is 13.6. The van der Waals surface area contributed by atoms with Crippen LogP contribution in [0.15, 0.2) is 12.1 Å². The molecule has 3 rings (SSSR count). The van der Waals surface area contributed by atoms with Crippen LogP contribution in [0.3, 0.4) is 0 Å². The number of hydrogen-bond donors (Lipinski definition) is 1. The smallest absolute Gasteiger partial charge is 0.164 e. The minimum atomic E-state index is -0.162. The largest absolute Gasteiger partial charge is 0.490 e. The number of fused-ring (bicyclic) bond motifs is 1. The summed E-state index contributed by atoms with van der Waals surface area (Å²) in [6, 6.07) is 3.96. The Morgan fingerprint density at radius 1 is 1.23 bits per heavy atom. The SMILES string of the molecule is CCOc1cc2c(cc1OCC)C(OC)CC1(CCNC1)O2. The van der Waals surface area contributed by atoms with Gasteiger partial charge < -0.3 is 24.3 Å². The highest BCUT2D eigenvalue weighted by Gasteiger charge is 2.44. The Hall–Kier alpha value is -1.46. The van der Waals surface area contributed by atoms with Gasteiger partial charge in [-0.15, -0.1) is 0 Å². The third-order valence-electron chi connectivity index (χ3n) is 4.40. The fraction of sp³-hybridized carbons (Fsp3) is 0.647. The molecule has 0 saturated carbocycles. The van der Waals surface area contributed by atoms with Crippen LogP contribution in [0.1, 0.15) is 38.4 Å². The minimum absolute atomic E-state index is 0.0264. The average molecular weight is 307 g/mol. The molecule has 122 valence electrons. The van der Waals surface area contributed by atoms with Gasteiger partial charge in [0.25, 0.3) is 0 Å². The van der Waals surface area contributed by atoms with Crippen LogP contribution in [0.4, 0.5) is 0 Å². The molecule has 2 atom stereocenters. The Labute approximate surface area is 131 Å². The van der Waals surface area contributed by atoms with Gasteiger partial charge in [-0.2, -0.15) is 0 Å². The van der Waals surface area contributed by atoms with Crippen molar-refractivity contribution in [2.75, 3.05) is 33.4 Å². The number of nitrogens with one attached hydrogen (secondary N) is 1. The van der Waals surface area contributed by atoms with Crippen LogP contribution < -0.4 is 19.5 Å². The Morgan fingerprint density at radius 2 is 1.95 bits per heavy atom. The van der Waals surface area contributed by atoms with Crippen molar-refractivity contribution in [2.24, 2.45) is 0 Å². The molecule has 22 heavy (non-hydrogen) atoms. The van der Waals surface area contributed by atoms with Crippen molar-refractivity contribution in [2.45, 2.75) is 38.4 Å². The highest BCUT2D eigenvalue weighted by atomic mass is 16.5. The molecule has 1 saturated heterocycles. The third-order valence-corrected chi connectivity index (χ3v) is 4.40. The van der Waals surface area contributed by atoms with E-state index in [1.54, 1.807) is 7.11 Å². The first-order valence-corrected chi connectivity index (χ1v) is 8.07. The molecule has 5 heteroatoms. The lowest BCUT2D eigenvalue weighted by Gasteiger charge is -2.39. The lowest BCUT2D eigenvalue weighted by atomic mass is 9.88. The van der Waals surface area contributed by atoms with Crippen molar-refractivity contribution < 1.29 is 18.9 Å². The Balaban J connectivity index is 2.00. The quantitative estimate of drug-likeness (QED) is 0.906. The maximum Gasteiger partial charge on any atom is 0.164 e. The van der Waals surface area contributed by atoms with Gasteiger partial charge in [0, 0.05) is 38.1 Å². The number of methoxy groups -OCH3 is 1. The molecule has 0 amide bonds. The molecule has 0 aliphatic carbocycles. The first-order chi connectivity index (χ1) is 10.7. The summed E-state index contributed by atoms with van der Waals surface area (Å²) in [7, 11) is 1.76. The van der Waals surface area contributed by atoms with Gasteiger partial charge in [0.1, 0.15) is 11.4 Å². The maximum atomic E-state index is 6.35. The van der Waals surface area contributed by atoms with Gasteiger partial charge in [-0.25, -0.2) is 0 Å². The molecule has 1 aromatic carbocycles. The standard InChI is InChI=1S/C17H25NO4/c1-4-20-14-8-12-13(9-15(14)21-5-2)22-17(6-7-18-11-17)10-16(12)19-3/h8-9,16,18H,4-7,10-11H2,1-3H3. The molecule has 2 unspecified atom stereocenters. The van der Waals surface area contributed by atoms with Crippen LogP contribution in [-0.4, -0.2) is 39.0 Å². The monoisotopic (exact) mass is 307 g/mol. The summed E-state index contributed by atoms with van der Waals surface area (Å²) in [5.41, 5.74) is 0.886. The summed E-state index contributed by atoms with van der Waals surface area (Å²) in [6.45, 7) is 6.99. The zero-order chi connectivity index (χ0) is 15.6. The molecular formula is C17H25NO4. The van der Waals surface area contributed by atoms with E-state index in [9.17, 15) is 0 Å². The van der Waals surface area contributed by atoms with Crippen LogP contribution in [0, 0.1) is 0 Å². The van der Waals surface area contributed by atoms with E-state index in [2.05, 4.69) is 5.32 Å². The second-order valence-corrected chi connectivity index (χ2v) is 5.84. The fourth-order valence-electron chi connectivity index (χ4n) is 3.35. The van der Waals surface area contributed by atoms with Crippen molar-refractivity contribution in [3.05, 3.63) is 17.7 Å². The highest BCUT2D eigenvalue weighted by molar-refractivity contribution is 5.53. The highest BCUT2D eigenvalue weighted by Crippen LogP contribution is 2.47. The van der Waals surface area contributed by atoms with Crippen LogP contribution >= 0.6 is 0 Å². The van der Waals surface area contributed by atoms with Gasteiger partial charge >= 0.3 is 0 Å². The van der Waals surface area contributed by atoms with E-state index in [1.165, 1.54) is 0 Å². The Morgan fingerprint density at radius 3 is 2.55 bits per heavy atom. The van der Waals surface area contributed by atoms with Crippen LogP contribution in [0.25, 0.3) is 0 Å². The minimum Gasteiger partial charge on any atom is -0.490 e. The van der Waals surface area contributed by atoms with Crippen molar-refractivity contribution in [1.29, 1.82) is 0 Å². The lowest BCUT2D eigenvalue weighted by Crippen LogP contribution is -2.43. The van der Waals surface area contributed by atoms with Crippen LogP contribution in [0.5, 0.6) is 17.2 Å². The second-order valence-electron chi connectivity index (χ2n) is 5.84. The summed E-state index contributed by atoms with van der Waals surface area (Å²) >= 11 is 0. The molecule has 2 heterocycles. The molecule has 1 aromatic rings. The van der Waals surface area contributed by atoms with Gasteiger partial charge in [-0.05, 0) is 26.5 Å². The summed E-state index contributed by atoms with van der Waals surface area (Å²) in [5, 5.41) is 3.39. The van der Waals surface area contributed by atoms with E-state index in [1.807, 2.05) is 26.0 Å². The Bertz CT molecular complexity index is 526. The van der Waals surface area contributed by atoms with E-state index in [0.29, 0.717) is 13.2 Å². The molecule has 1 spiro atoms. The number of benzene rings is 1. The first-order valence-electron chi connectivity index (χ1n) is 8.07. The number of rotatable bonds is 5. The van der Waals surface area contributed by atoms with Gasteiger partial charge in [0.05, 0.1) is 19.3 Å². The van der Waals surface area contributed by atoms with Crippen molar-refractivity contribution in [3.63, 3.8) is 0 Å². The maximum absolute atomic E-state index is 6.35. The average Bonchev–Trinajstić information content (AvgIpc) is 2.96. The topological polar surface area (TPSA) is 49.0 Å². The molecule has 2 aliphatic heterocycles. The van der Waals surface area contributed by atoms with E-state index in [4.69, 9.17) is 18.9 Å². The molecule has 1 N–H and O–H groups in total. The summed E-state index contributed by atoms with van der Waals surface area (Å²) < 4.78 is 23.5. The molecule has 2 aliphatic rings. The Kier molecular flexibility index (Phi) is 4.45.